The van der Waals surface area contributed by atoms with E-state index in [-0.39, 0.29) is 11.8 Å². The van der Waals surface area contributed by atoms with Crippen LogP contribution < -0.4 is 15.4 Å². The molecule has 3 aromatic rings. The van der Waals surface area contributed by atoms with E-state index in [1.807, 2.05) is 61.5 Å². The van der Waals surface area contributed by atoms with Gasteiger partial charge in [0, 0.05) is 18.3 Å². The van der Waals surface area contributed by atoms with Crippen LogP contribution in [-0.4, -0.2) is 41.3 Å². The third kappa shape index (κ3) is 4.86. The van der Waals surface area contributed by atoms with Crippen molar-refractivity contribution in [1.29, 1.82) is 0 Å². The maximum absolute atomic E-state index is 13.0. The van der Waals surface area contributed by atoms with Crippen LogP contribution >= 0.6 is 0 Å². The number of carbonyl (C=O) groups is 2. The minimum Gasteiger partial charge on any atom is -0.496 e. The molecule has 0 aliphatic heterocycles. The first-order chi connectivity index (χ1) is 14.5. The fourth-order valence-electron chi connectivity index (χ4n) is 3.15. The Bertz CT molecular complexity index is 1010. The number of rotatable bonds is 8. The molecule has 2 aromatic carbocycles. The van der Waals surface area contributed by atoms with Gasteiger partial charge in [0.1, 0.15) is 17.5 Å². The molecule has 0 fully saturated rings. The lowest BCUT2D eigenvalue weighted by Gasteiger charge is -2.13. The van der Waals surface area contributed by atoms with E-state index >= 15 is 0 Å². The van der Waals surface area contributed by atoms with Crippen LogP contribution in [0.25, 0.3) is 11.3 Å². The number of benzene rings is 2. The van der Waals surface area contributed by atoms with Crippen molar-refractivity contribution in [2.75, 3.05) is 13.7 Å². The third-order valence-electron chi connectivity index (χ3n) is 4.65. The number of likely N-dealkylation sites (N-methyl/N-ethyl adjacent to an activating group) is 1. The zero-order chi connectivity index (χ0) is 21.5. The summed E-state index contributed by atoms with van der Waals surface area (Å²) in [5.41, 5.74) is 2.66. The fourth-order valence-corrected chi connectivity index (χ4v) is 3.15. The van der Waals surface area contributed by atoms with Gasteiger partial charge in [-0.05, 0) is 31.5 Å². The molecule has 0 saturated carbocycles. The van der Waals surface area contributed by atoms with Gasteiger partial charge in [-0.2, -0.15) is 5.10 Å². The number of methoxy groups -OCH3 is 1. The summed E-state index contributed by atoms with van der Waals surface area (Å²) in [5.74, 6) is 0.0172. The molecule has 0 radical (unpaired) electrons. The zero-order valence-corrected chi connectivity index (χ0v) is 17.4. The monoisotopic (exact) mass is 406 g/mol. The summed E-state index contributed by atoms with van der Waals surface area (Å²) in [6.07, 6.45) is 1.70. The zero-order valence-electron chi connectivity index (χ0n) is 17.4. The summed E-state index contributed by atoms with van der Waals surface area (Å²) < 4.78 is 7.19. The number of ether oxygens (including phenoxy) is 1. The molecule has 1 atom stereocenters. The highest BCUT2D eigenvalue weighted by Gasteiger charge is 2.23. The normalized spacial score (nSPS) is 11.6. The Morgan fingerprint density at radius 1 is 1.10 bits per heavy atom. The quantitative estimate of drug-likeness (QED) is 0.602. The lowest BCUT2D eigenvalue weighted by molar-refractivity contribution is -0.122. The molecule has 7 heteroatoms. The molecule has 1 aromatic heterocycles. The van der Waals surface area contributed by atoms with E-state index in [2.05, 4.69) is 15.7 Å². The second-order valence-corrected chi connectivity index (χ2v) is 6.86. The van der Waals surface area contributed by atoms with E-state index < -0.39 is 6.04 Å². The SMILES string of the molecule is CCNC(=O)[C@@H](C)NC(=O)c1cn(Cc2ccccc2)nc1-c1ccccc1OC. The van der Waals surface area contributed by atoms with Crippen molar-refractivity contribution in [2.45, 2.75) is 26.4 Å². The summed E-state index contributed by atoms with van der Waals surface area (Å²) >= 11 is 0. The molecule has 156 valence electrons. The minimum absolute atomic E-state index is 0.235. The molecule has 2 N–H and O–H groups in total. The van der Waals surface area contributed by atoms with Crippen LogP contribution in [0, 0.1) is 0 Å². The van der Waals surface area contributed by atoms with Crippen molar-refractivity contribution in [2.24, 2.45) is 0 Å². The van der Waals surface area contributed by atoms with Crippen molar-refractivity contribution < 1.29 is 14.3 Å². The first-order valence-electron chi connectivity index (χ1n) is 9.86. The Morgan fingerprint density at radius 3 is 2.50 bits per heavy atom. The van der Waals surface area contributed by atoms with Crippen LogP contribution in [0.15, 0.2) is 60.8 Å². The van der Waals surface area contributed by atoms with E-state index in [0.29, 0.717) is 35.7 Å². The topological polar surface area (TPSA) is 85.3 Å². The van der Waals surface area contributed by atoms with Crippen molar-refractivity contribution >= 4 is 11.8 Å². The van der Waals surface area contributed by atoms with Crippen LogP contribution in [0.2, 0.25) is 0 Å². The van der Waals surface area contributed by atoms with Gasteiger partial charge in [-0.1, -0.05) is 42.5 Å². The predicted octanol–water partition coefficient (Wildman–Crippen LogP) is 2.86. The van der Waals surface area contributed by atoms with Gasteiger partial charge >= 0.3 is 0 Å². The largest absolute Gasteiger partial charge is 0.496 e. The maximum Gasteiger partial charge on any atom is 0.255 e. The molecule has 7 nitrogen and oxygen atoms in total. The number of amides is 2. The molecule has 30 heavy (non-hydrogen) atoms. The predicted molar refractivity (Wildman–Crippen MR) is 115 cm³/mol. The average molecular weight is 406 g/mol. The summed E-state index contributed by atoms with van der Waals surface area (Å²) in [5, 5.41) is 10.1. The number of para-hydroxylation sites is 1. The van der Waals surface area contributed by atoms with Gasteiger partial charge in [-0.25, -0.2) is 0 Å². The number of nitrogens with zero attached hydrogens (tertiary/aromatic N) is 2. The lowest BCUT2D eigenvalue weighted by atomic mass is 10.1. The molecular formula is C23H26N4O3. The van der Waals surface area contributed by atoms with Gasteiger partial charge < -0.3 is 15.4 Å². The van der Waals surface area contributed by atoms with Gasteiger partial charge in [0.05, 0.1) is 19.2 Å². The van der Waals surface area contributed by atoms with Crippen molar-refractivity contribution in [3.8, 4) is 17.0 Å². The number of hydrogen-bond acceptors (Lipinski definition) is 4. The Hall–Kier alpha value is -3.61. The Balaban J connectivity index is 1.97. The molecule has 3 rings (SSSR count). The molecule has 2 amide bonds. The summed E-state index contributed by atoms with van der Waals surface area (Å²) in [7, 11) is 1.58. The van der Waals surface area contributed by atoms with Gasteiger partial charge in [-0.15, -0.1) is 0 Å². The highest BCUT2D eigenvalue weighted by molar-refractivity contribution is 6.02. The first-order valence-corrected chi connectivity index (χ1v) is 9.86. The average Bonchev–Trinajstić information content (AvgIpc) is 3.18. The van der Waals surface area contributed by atoms with E-state index in [9.17, 15) is 9.59 Å². The van der Waals surface area contributed by atoms with Gasteiger partial charge in [0.25, 0.3) is 5.91 Å². The first kappa shape index (κ1) is 21.1. The molecule has 0 spiro atoms. The smallest absolute Gasteiger partial charge is 0.255 e. The van der Waals surface area contributed by atoms with Gasteiger partial charge in [-0.3, -0.25) is 14.3 Å². The van der Waals surface area contributed by atoms with Crippen LogP contribution in [0.1, 0.15) is 29.8 Å². The van der Waals surface area contributed by atoms with E-state index in [1.165, 1.54) is 0 Å². The minimum atomic E-state index is -0.666. The number of aromatic nitrogens is 2. The maximum atomic E-state index is 13.0. The number of hydrogen-bond donors (Lipinski definition) is 2. The lowest BCUT2D eigenvalue weighted by Crippen LogP contribution is -2.44. The standard InChI is InChI=1S/C23H26N4O3/c1-4-24-22(28)16(2)25-23(29)19-15-27(14-17-10-6-5-7-11-17)26-21(19)18-12-8-9-13-20(18)30-3/h5-13,15-16H,4,14H2,1-3H3,(H,24,28)(H,25,29)/t16-/m1/s1. The number of carbonyl (C=O) groups excluding carboxylic acids is 2. The van der Waals surface area contributed by atoms with Crippen LogP contribution in [0.5, 0.6) is 5.75 Å². The van der Waals surface area contributed by atoms with Crippen molar-refractivity contribution in [3.63, 3.8) is 0 Å². The van der Waals surface area contributed by atoms with Crippen LogP contribution in [-0.2, 0) is 11.3 Å². The van der Waals surface area contributed by atoms with E-state index in [0.717, 1.165) is 5.56 Å². The van der Waals surface area contributed by atoms with Crippen LogP contribution in [0.4, 0.5) is 0 Å². The van der Waals surface area contributed by atoms with Crippen LogP contribution in [0.3, 0.4) is 0 Å². The van der Waals surface area contributed by atoms with Crippen molar-refractivity contribution in [1.82, 2.24) is 20.4 Å². The van der Waals surface area contributed by atoms with Crippen molar-refractivity contribution in [3.05, 3.63) is 71.9 Å². The molecule has 0 aliphatic carbocycles. The summed E-state index contributed by atoms with van der Waals surface area (Å²) in [6, 6.07) is 16.6. The molecule has 0 aliphatic rings. The molecule has 1 heterocycles. The third-order valence-corrected chi connectivity index (χ3v) is 4.65. The molecule has 0 saturated heterocycles. The number of nitrogens with one attached hydrogen (secondary N) is 2. The summed E-state index contributed by atoms with van der Waals surface area (Å²) in [6.45, 7) is 4.50. The fraction of sp³-hybridized carbons (Fsp3) is 0.261. The summed E-state index contributed by atoms with van der Waals surface area (Å²) in [4.78, 5) is 25.1. The van der Waals surface area contributed by atoms with E-state index in [1.54, 1.807) is 24.9 Å². The molecule has 0 unspecified atom stereocenters. The highest BCUT2D eigenvalue weighted by atomic mass is 16.5. The second kappa shape index (κ2) is 9.73. The van der Waals surface area contributed by atoms with E-state index in [4.69, 9.17) is 4.74 Å². The Morgan fingerprint density at radius 2 is 1.80 bits per heavy atom. The Labute approximate surface area is 176 Å². The second-order valence-electron chi connectivity index (χ2n) is 6.86. The van der Waals surface area contributed by atoms with Gasteiger partial charge in [0.2, 0.25) is 5.91 Å². The highest BCUT2D eigenvalue weighted by Crippen LogP contribution is 2.31. The van der Waals surface area contributed by atoms with Gasteiger partial charge in [0.15, 0.2) is 0 Å². The molecular weight excluding hydrogens is 380 g/mol. The molecule has 0 bridgehead atoms. The Kier molecular flexibility index (Phi) is 6.85.